The van der Waals surface area contributed by atoms with E-state index in [9.17, 15) is 14.4 Å². The van der Waals surface area contributed by atoms with Gasteiger partial charge in [-0.3, -0.25) is 19.0 Å². The van der Waals surface area contributed by atoms with Crippen molar-refractivity contribution >= 4 is 40.2 Å². The summed E-state index contributed by atoms with van der Waals surface area (Å²) in [5.74, 6) is 0.270. The Hall–Kier alpha value is -3.33. The van der Waals surface area contributed by atoms with Gasteiger partial charge in [0.05, 0.1) is 16.7 Å². The number of para-hydroxylation sites is 2. The maximum absolute atomic E-state index is 13.4. The zero-order valence-corrected chi connectivity index (χ0v) is 23.2. The number of thioether (sulfide) groups is 1. The number of amides is 2. The molecule has 2 heterocycles. The first kappa shape index (κ1) is 27.7. The lowest BCUT2D eigenvalue weighted by Gasteiger charge is -2.36. The lowest BCUT2D eigenvalue weighted by molar-refractivity contribution is -0.132. The Labute approximate surface area is 228 Å². The molecule has 1 fully saturated rings. The fourth-order valence-corrected chi connectivity index (χ4v) is 5.63. The molecule has 2 aromatic carbocycles. The van der Waals surface area contributed by atoms with Gasteiger partial charge in [-0.25, -0.2) is 4.98 Å². The summed E-state index contributed by atoms with van der Waals surface area (Å²) in [6, 6.07) is 17.5. The molecule has 0 N–H and O–H groups in total. The van der Waals surface area contributed by atoms with Gasteiger partial charge in [0.2, 0.25) is 11.8 Å². The minimum Gasteiger partial charge on any atom is -0.368 e. The average molecular weight is 536 g/mol. The first-order chi connectivity index (χ1) is 18.5. The van der Waals surface area contributed by atoms with E-state index in [0.29, 0.717) is 35.7 Å². The van der Waals surface area contributed by atoms with Gasteiger partial charge >= 0.3 is 0 Å². The minimum atomic E-state index is -0.175. The topological polar surface area (TPSA) is 78.8 Å². The molecule has 0 radical (unpaired) electrons. The van der Waals surface area contributed by atoms with Crippen LogP contribution >= 0.6 is 11.8 Å². The summed E-state index contributed by atoms with van der Waals surface area (Å²) < 4.78 is 1.57. The molecule has 8 nitrogen and oxygen atoms in total. The number of carbonyl (C=O) groups is 2. The number of nitrogens with zero attached hydrogens (tertiary/aromatic N) is 5. The molecule has 1 saturated heterocycles. The first-order valence-corrected chi connectivity index (χ1v) is 14.5. The lowest BCUT2D eigenvalue weighted by Crippen LogP contribution is -2.49. The fourth-order valence-electron chi connectivity index (χ4n) is 4.70. The summed E-state index contributed by atoms with van der Waals surface area (Å²) in [5.41, 5.74) is 1.59. The monoisotopic (exact) mass is 535 g/mol. The molecule has 1 aliphatic rings. The Balaban J connectivity index is 1.43. The summed E-state index contributed by atoms with van der Waals surface area (Å²) in [5, 5.41) is 1.00. The van der Waals surface area contributed by atoms with E-state index in [0.717, 1.165) is 32.5 Å². The number of benzene rings is 2. The molecular formula is C29H37N5O3S. The van der Waals surface area contributed by atoms with E-state index in [1.807, 2.05) is 53.1 Å². The summed E-state index contributed by atoms with van der Waals surface area (Å²) in [7, 11) is 0. The number of hydrogen-bond donors (Lipinski definition) is 0. The summed E-state index contributed by atoms with van der Waals surface area (Å²) in [4.78, 5) is 50.1. The van der Waals surface area contributed by atoms with Crippen LogP contribution < -0.4 is 10.5 Å². The van der Waals surface area contributed by atoms with Crippen molar-refractivity contribution in [2.75, 3.05) is 49.9 Å². The smallest absolute Gasteiger partial charge is 0.262 e. The predicted molar refractivity (Wildman–Crippen MR) is 154 cm³/mol. The fraction of sp³-hybridized carbons (Fsp3) is 0.448. The molecule has 0 atom stereocenters. The van der Waals surface area contributed by atoms with Crippen LogP contribution in [0.2, 0.25) is 0 Å². The highest BCUT2D eigenvalue weighted by Crippen LogP contribution is 2.20. The standard InChI is InChI=1S/C29H37N5O3S/c1-3-5-16-31(4-2)27(36)22-38-29-30-25-14-10-9-13-24(25)28(37)34(29)17-15-26(35)33-20-18-32(19-21-33)23-11-7-6-8-12-23/h6-14H,3-5,15-22H2,1-2H3. The largest absolute Gasteiger partial charge is 0.368 e. The van der Waals surface area contributed by atoms with Crippen molar-refractivity contribution in [1.82, 2.24) is 19.4 Å². The van der Waals surface area contributed by atoms with Gasteiger partial charge in [-0.1, -0.05) is 55.4 Å². The third-order valence-corrected chi connectivity index (χ3v) is 7.93. The Kier molecular flexibility index (Phi) is 9.81. The van der Waals surface area contributed by atoms with Crippen LogP contribution in [-0.4, -0.2) is 76.2 Å². The minimum absolute atomic E-state index is 0.0292. The van der Waals surface area contributed by atoms with Gasteiger partial charge in [-0.05, 0) is 37.6 Å². The number of hydrogen-bond acceptors (Lipinski definition) is 6. The number of unbranched alkanes of at least 4 members (excludes halogenated alkanes) is 1. The molecule has 9 heteroatoms. The van der Waals surface area contributed by atoms with Crippen LogP contribution in [0, 0.1) is 0 Å². The van der Waals surface area contributed by atoms with E-state index < -0.39 is 0 Å². The lowest BCUT2D eigenvalue weighted by atomic mass is 10.2. The molecular weight excluding hydrogens is 498 g/mol. The van der Waals surface area contributed by atoms with Gasteiger partial charge in [0, 0.05) is 57.9 Å². The molecule has 0 aliphatic carbocycles. The average Bonchev–Trinajstić information content (AvgIpc) is 2.96. The molecule has 2 amide bonds. The highest BCUT2D eigenvalue weighted by atomic mass is 32.2. The number of rotatable bonds is 11. The maximum atomic E-state index is 13.4. The van der Waals surface area contributed by atoms with E-state index >= 15 is 0 Å². The van der Waals surface area contributed by atoms with E-state index in [4.69, 9.17) is 4.98 Å². The van der Waals surface area contributed by atoms with Gasteiger partial charge in [0.25, 0.3) is 5.56 Å². The highest BCUT2D eigenvalue weighted by molar-refractivity contribution is 7.99. The van der Waals surface area contributed by atoms with E-state index in [2.05, 4.69) is 24.0 Å². The number of aromatic nitrogens is 2. The second-order valence-electron chi connectivity index (χ2n) is 9.44. The van der Waals surface area contributed by atoms with E-state index in [-0.39, 0.29) is 36.1 Å². The van der Waals surface area contributed by atoms with Crippen LogP contribution in [0.3, 0.4) is 0 Å². The van der Waals surface area contributed by atoms with Crippen molar-refractivity contribution in [3.8, 4) is 0 Å². The van der Waals surface area contributed by atoms with Crippen molar-refractivity contribution in [3.05, 3.63) is 65.0 Å². The molecule has 0 bridgehead atoms. The SMILES string of the molecule is CCCCN(CC)C(=O)CSc1nc2ccccc2c(=O)n1CCC(=O)N1CCN(c2ccccc2)CC1. The maximum Gasteiger partial charge on any atom is 0.262 e. The van der Waals surface area contributed by atoms with Crippen LogP contribution in [0.4, 0.5) is 5.69 Å². The molecule has 1 aromatic heterocycles. The zero-order chi connectivity index (χ0) is 26.9. The molecule has 202 valence electrons. The van der Waals surface area contributed by atoms with E-state index in [1.165, 1.54) is 17.4 Å². The van der Waals surface area contributed by atoms with Crippen LogP contribution in [0.15, 0.2) is 64.5 Å². The van der Waals surface area contributed by atoms with Gasteiger partial charge < -0.3 is 14.7 Å². The second kappa shape index (κ2) is 13.5. The van der Waals surface area contributed by atoms with Crippen molar-refractivity contribution in [2.24, 2.45) is 0 Å². The van der Waals surface area contributed by atoms with Crippen molar-refractivity contribution < 1.29 is 9.59 Å². The van der Waals surface area contributed by atoms with Crippen LogP contribution in [0.5, 0.6) is 0 Å². The third kappa shape index (κ3) is 6.75. The van der Waals surface area contributed by atoms with Crippen LogP contribution in [-0.2, 0) is 16.1 Å². The summed E-state index contributed by atoms with van der Waals surface area (Å²) in [6.45, 7) is 8.57. The number of carbonyl (C=O) groups excluding carboxylic acids is 2. The molecule has 38 heavy (non-hydrogen) atoms. The van der Waals surface area contributed by atoms with Crippen LogP contribution in [0.25, 0.3) is 10.9 Å². The van der Waals surface area contributed by atoms with Gasteiger partial charge in [-0.2, -0.15) is 0 Å². The van der Waals surface area contributed by atoms with Gasteiger partial charge in [0.1, 0.15) is 0 Å². The molecule has 4 rings (SSSR count). The summed E-state index contributed by atoms with van der Waals surface area (Å²) >= 11 is 1.28. The third-order valence-electron chi connectivity index (χ3n) is 6.97. The Morgan fingerprint density at radius 2 is 1.68 bits per heavy atom. The van der Waals surface area contributed by atoms with Crippen molar-refractivity contribution in [3.63, 3.8) is 0 Å². The normalized spacial score (nSPS) is 13.6. The quantitative estimate of drug-likeness (QED) is 0.274. The predicted octanol–water partition coefficient (Wildman–Crippen LogP) is 3.88. The number of anilines is 1. The molecule has 1 aliphatic heterocycles. The Bertz CT molecular complexity index is 1290. The number of fused-ring (bicyclic) bond motifs is 1. The second-order valence-corrected chi connectivity index (χ2v) is 10.4. The van der Waals surface area contributed by atoms with Crippen LogP contribution in [0.1, 0.15) is 33.1 Å². The Morgan fingerprint density at radius 1 is 0.974 bits per heavy atom. The Morgan fingerprint density at radius 3 is 2.39 bits per heavy atom. The van der Waals surface area contributed by atoms with Gasteiger partial charge in [0.15, 0.2) is 5.16 Å². The molecule has 0 saturated carbocycles. The molecule has 3 aromatic rings. The molecule has 0 spiro atoms. The first-order valence-electron chi connectivity index (χ1n) is 13.5. The zero-order valence-electron chi connectivity index (χ0n) is 22.3. The molecule has 0 unspecified atom stereocenters. The van der Waals surface area contributed by atoms with Crippen molar-refractivity contribution in [2.45, 2.75) is 44.8 Å². The highest BCUT2D eigenvalue weighted by Gasteiger charge is 2.22. The van der Waals surface area contributed by atoms with E-state index in [1.54, 1.807) is 10.6 Å². The van der Waals surface area contributed by atoms with Crippen molar-refractivity contribution in [1.29, 1.82) is 0 Å². The number of piperazine rings is 1. The van der Waals surface area contributed by atoms with Gasteiger partial charge in [-0.15, -0.1) is 0 Å². The summed E-state index contributed by atoms with van der Waals surface area (Å²) in [6.07, 6.45) is 2.20.